The van der Waals surface area contributed by atoms with E-state index in [1.165, 1.54) is 24.3 Å². The van der Waals surface area contributed by atoms with Crippen LogP contribution in [0.2, 0.25) is 0 Å². The molecule has 1 aromatic carbocycles. The molecule has 0 aliphatic rings. The van der Waals surface area contributed by atoms with Crippen LogP contribution < -0.4 is 5.32 Å². The second-order valence-electron chi connectivity index (χ2n) is 4.39. The topological polar surface area (TPSA) is 79.5 Å². The van der Waals surface area contributed by atoms with Gasteiger partial charge >= 0.3 is 5.97 Å². The van der Waals surface area contributed by atoms with E-state index in [2.05, 4.69) is 5.32 Å². The molecule has 0 aliphatic heterocycles. The molecule has 0 radical (unpaired) electrons. The maximum Gasteiger partial charge on any atom is 0.331 e. The summed E-state index contributed by atoms with van der Waals surface area (Å²) in [6.07, 6.45) is 0.614. The highest BCUT2D eigenvalue weighted by molar-refractivity contribution is 5.94. The molecule has 6 heteroatoms. The molecule has 110 valence electrons. The number of halogens is 1. The number of carboxylic acids is 1. The lowest BCUT2D eigenvalue weighted by Crippen LogP contribution is -2.34. The van der Waals surface area contributed by atoms with Gasteiger partial charge in [0, 0.05) is 12.0 Å². The van der Waals surface area contributed by atoms with Crippen molar-refractivity contribution in [3.05, 3.63) is 59.3 Å². The Hall–Kier alpha value is -2.63. The van der Waals surface area contributed by atoms with Gasteiger partial charge in [-0.25, -0.2) is 9.18 Å². The SMILES string of the molecule is CCc1ccc(C(=O)N[C@H](C(=O)O)c2ccccc2F)o1. The third-order valence-electron chi connectivity index (χ3n) is 2.97. The third kappa shape index (κ3) is 3.28. The van der Waals surface area contributed by atoms with Gasteiger partial charge in [-0.05, 0) is 18.2 Å². The van der Waals surface area contributed by atoms with Gasteiger partial charge in [0.15, 0.2) is 11.8 Å². The summed E-state index contributed by atoms with van der Waals surface area (Å²) < 4.78 is 18.9. The largest absolute Gasteiger partial charge is 0.479 e. The Morgan fingerprint density at radius 2 is 2.00 bits per heavy atom. The smallest absolute Gasteiger partial charge is 0.331 e. The molecule has 2 rings (SSSR count). The normalized spacial score (nSPS) is 11.9. The summed E-state index contributed by atoms with van der Waals surface area (Å²) in [5.74, 6) is -2.15. The molecule has 1 heterocycles. The molecule has 0 spiro atoms. The highest BCUT2D eigenvalue weighted by Crippen LogP contribution is 2.18. The van der Waals surface area contributed by atoms with Gasteiger partial charge in [0.05, 0.1) is 0 Å². The molecule has 2 N–H and O–H groups in total. The maximum absolute atomic E-state index is 13.7. The number of hydrogen-bond donors (Lipinski definition) is 2. The Labute approximate surface area is 120 Å². The van der Waals surface area contributed by atoms with E-state index in [0.717, 1.165) is 6.07 Å². The summed E-state index contributed by atoms with van der Waals surface area (Å²) in [6.45, 7) is 1.86. The molecule has 0 fully saturated rings. The van der Waals surface area contributed by atoms with Crippen molar-refractivity contribution in [3.8, 4) is 0 Å². The molecule has 0 saturated carbocycles. The van der Waals surface area contributed by atoms with Crippen LogP contribution >= 0.6 is 0 Å². The van der Waals surface area contributed by atoms with Crippen molar-refractivity contribution in [3.63, 3.8) is 0 Å². The van der Waals surface area contributed by atoms with Crippen LogP contribution in [0.4, 0.5) is 4.39 Å². The average Bonchev–Trinajstić information content (AvgIpc) is 2.94. The van der Waals surface area contributed by atoms with Gasteiger partial charge in [-0.15, -0.1) is 0 Å². The summed E-state index contributed by atoms with van der Waals surface area (Å²) in [6, 6.07) is 7.01. The first kappa shape index (κ1) is 14.8. The minimum atomic E-state index is -1.48. The molecule has 0 aliphatic carbocycles. The van der Waals surface area contributed by atoms with Gasteiger partial charge in [-0.2, -0.15) is 0 Å². The Morgan fingerprint density at radius 1 is 1.29 bits per heavy atom. The van der Waals surface area contributed by atoms with Crippen molar-refractivity contribution in [2.75, 3.05) is 0 Å². The number of aliphatic carboxylic acids is 1. The van der Waals surface area contributed by atoms with E-state index in [4.69, 9.17) is 4.42 Å². The molecule has 0 saturated heterocycles. The first-order chi connectivity index (χ1) is 10.0. The monoisotopic (exact) mass is 291 g/mol. The van der Waals surface area contributed by atoms with Crippen molar-refractivity contribution in [2.24, 2.45) is 0 Å². The van der Waals surface area contributed by atoms with Crippen LogP contribution in [0.1, 0.15) is 34.8 Å². The number of rotatable bonds is 5. The van der Waals surface area contributed by atoms with Gasteiger partial charge < -0.3 is 14.8 Å². The van der Waals surface area contributed by atoms with Crippen LogP contribution in [0.5, 0.6) is 0 Å². The number of carbonyl (C=O) groups is 2. The number of nitrogens with one attached hydrogen (secondary N) is 1. The summed E-state index contributed by atoms with van der Waals surface area (Å²) >= 11 is 0. The number of carbonyl (C=O) groups excluding carboxylic acids is 1. The first-order valence-electron chi connectivity index (χ1n) is 6.39. The molecular formula is C15H14FNO4. The van der Waals surface area contributed by atoms with E-state index in [0.29, 0.717) is 12.2 Å². The first-order valence-corrected chi connectivity index (χ1v) is 6.39. The Balaban J connectivity index is 2.23. The van der Waals surface area contributed by atoms with E-state index in [1.54, 1.807) is 6.07 Å². The minimum Gasteiger partial charge on any atom is -0.479 e. The fourth-order valence-corrected chi connectivity index (χ4v) is 1.87. The molecule has 1 aromatic heterocycles. The van der Waals surface area contributed by atoms with Crippen molar-refractivity contribution < 1.29 is 23.5 Å². The molecule has 5 nitrogen and oxygen atoms in total. The lowest BCUT2D eigenvalue weighted by molar-refractivity contribution is -0.139. The molecule has 21 heavy (non-hydrogen) atoms. The number of carboxylic acid groups (broad SMARTS) is 1. The van der Waals surface area contributed by atoms with Crippen LogP contribution in [-0.4, -0.2) is 17.0 Å². The predicted octanol–water partition coefficient (Wildman–Crippen LogP) is 2.54. The molecular weight excluding hydrogens is 277 g/mol. The van der Waals surface area contributed by atoms with Crippen LogP contribution in [-0.2, 0) is 11.2 Å². The lowest BCUT2D eigenvalue weighted by atomic mass is 10.1. The van der Waals surface area contributed by atoms with Crippen molar-refractivity contribution in [1.82, 2.24) is 5.32 Å². The van der Waals surface area contributed by atoms with Crippen LogP contribution in [0.25, 0.3) is 0 Å². The standard InChI is InChI=1S/C15H14FNO4/c1-2-9-7-8-12(21-9)14(18)17-13(15(19)20)10-5-3-4-6-11(10)16/h3-8,13H,2H2,1H3,(H,17,18)(H,19,20)/t13-/m0/s1. The Bertz CT molecular complexity index is 665. The van der Waals surface area contributed by atoms with Gasteiger partial charge in [-0.3, -0.25) is 4.79 Å². The summed E-state index contributed by atoms with van der Waals surface area (Å²) in [5, 5.41) is 11.4. The predicted molar refractivity (Wildman–Crippen MR) is 72.3 cm³/mol. The van der Waals surface area contributed by atoms with E-state index in [9.17, 15) is 19.1 Å². The molecule has 0 unspecified atom stereocenters. The zero-order valence-electron chi connectivity index (χ0n) is 11.3. The van der Waals surface area contributed by atoms with Crippen molar-refractivity contribution in [2.45, 2.75) is 19.4 Å². The fraction of sp³-hybridized carbons (Fsp3) is 0.200. The van der Waals surface area contributed by atoms with E-state index in [1.807, 2.05) is 6.92 Å². The van der Waals surface area contributed by atoms with Crippen LogP contribution in [0, 0.1) is 5.82 Å². The number of amides is 1. The zero-order chi connectivity index (χ0) is 15.4. The summed E-state index contributed by atoms with van der Waals surface area (Å²) in [7, 11) is 0. The second kappa shape index (κ2) is 6.21. The highest BCUT2D eigenvalue weighted by Gasteiger charge is 2.26. The van der Waals surface area contributed by atoms with Gasteiger partial charge in [-0.1, -0.05) is 25.1 Å². The fourth-order valence-electron chi connectivity index (χ4n) is 1.87. The van der Waals surface area contributed by atoms with Crippen molar-refractivity contribution in [1.29, 1.82) is 0 Å². The maximum atomic E-state index is 13.7. The third-order valence-corrected chi connectivity index (χ3v) is 2.97. The summed E-state index contributed by atoms with van der Waals surface area (Å²) in [5.41, 5.74) is -0.111. The van der Waals surface area contributed by atoms with E-state index < -0.39 is 23.7 Å². The number of aryl methyl sites for hydroxylation is 1. The summed E-state index contributed by atoms with van der Waals surface area (Å²) in [4.78, 5) is 23.3. The number of benzene rings is 1. The average molecular weight is 291 g/mol. The van der Waals surface area contributed by atoms with Crippen LogP contribution in [0.3, 0.4) is 0 Å². The van der Waals surface area contributed by atoms with Gasteiger partial charge in [0.1, 0.15) is 11.6 Å². The molecule has 0 bridgehead atoms. The second-order valence-corrected chi connectivity index (χ2v) is 4.39. The lowest BCUT2D eigenvalue weighted by Gasteiger charge is -2.14. The van der Waals surface area contributed by atoms with Crippen LogP contribution in [0.15, 0.2) is 40.8 Å². The van der Waals surface area contributed by atoms with Crippen molar-refractivity contribution >= 4 is 11.9 Å². The number of furan rings is 1. The molecule has 2 aromatic rings. The quantitative estimate of drug-likeness (QED) is 0.887. The Morgan fingerprint density at radius 3 is 2.57 bits per heavy atom. The molecule has 1 atom stereocenters. The van der Waals surface area contributed by atoms with E-state index in [-0.39, 0.29) is 11.3 Å². The highest BCUT2D eigenvalue weighted by atomic mass is 19.1. The molecule has 1 amide bonds. The number of hydrogen-bond acceptors (Lipinski definition) is 3. The zero-order valence-corrected chi connectivity index (χ0v) is 11.3. The Kier molecular flexibility index (Phi) is 4.37. The van der Waals surface area contributed by atoms with Gasteiger partial charge in [0.2, 0.25) is 0 Å². The van der Waals surface area contributed by atoms with Gasteiger partial charge in [0.25, 0.3) is 5.91 Å². The van der Waals surface area contributed by atoms with E-state index >= 15 is 0 Å². The minimum absolute atomic E-state index is 0.00515.